The van der Waals surface area contributed by atoms with Gasteiger partial charge in [0.1, 0.15) is 0 Å². The third-order valence-corrected chi connectivity index (χ3v) is 10.8. The van der Waals surface area contributed by atoms with E-state index in [0.29, 0.717) is 0 Å². The molecule has 0 radical (unpaired) electrons. The molecule has 0 fully saturated rings. The maximum Gasteiger partial charge on any atom is 0.0541 e. The summed E-state index contributed by atoms with van der Waals surface area (Å²) in [6.07, 6.45) is 0. The van der Waals surface area contributed by atoms with Crippen LogP contribution in [0.25, 0.3) is 72.0 Å². The quantitative estimate of drug-likeness (QED) is 0.152. The fourth-order valence-corrected chi connectivity index (χ4v) is 8.35. The Balaban J connectivity index is 1.18. The molecule has 1 aromatic heterocycles. The first-order valence-electron chi connectivity index (χ1n) is 19.2. The minimum absolute atomic E-state index is 1.08. The van der Waals surface area contributed by atoms with Gasteiger partial charge in [-0.25, -0.2) is 0 Å². The lowest BCUT2D eigenvalue weighted by atomic mass is 9.84. The molecule has 10 aromatic rings. The molecule has 0 N–H and O–H groups in total. The Bertz CT molecular complexity index is 2890. The van der Waals surface area contributed by atoms with Crippen LogP contribution in [0.3, 0.4) is 0 Å². The van der Waals surface area contributed by atoms with Gasteiger partial charge in [-0.15, -0.1) is 0 Å². The average molecular weight is 715 g/mol. The van der Waals surface area contributed by atoms with Crippen molar-refractivity contribution in [3.8, 4) is 50.2 Å². The van der Waals surface area contributed by atoms with E-state index in [4.69, 9.17) is 0 Å². The Kier molecular flexibility index (Phi) is 8.55. The van der Waals surface area contributed by atoms with Crippen LogP contribution in [0.5, 0.6) is 0 Å². The summed E-state index contributed by atoms with van der Waals surface area (Å²) in [5.41, 5.74) is 16.3. The monoisotopic (exact) mass is 714 g/mol. The number of hydrogen-bond acceptors (Lipinski definition) is 1. The van der Waals surface area contributed by atoms with Gasteiger partial charge < -0.3 is 9.47 Å². The van der Waals surface area contributed by atoms with E-state index in [2.05, 4.69) is 240 Å². The van der Waals surface area contributed by atoms with Crippen LogP contribution in [0, 0.1) is 0 Å². The second-order valence-corrected chi connectivity index (χ2v) is 14.1. The van der Waals surface area contributed by atoms with Crippen molar-refractivity contribution in [1.29, 1.82) is 0 Å². The van der Waals surface area contributed by atoms with Crippen molar-refractivity contribution in [2.24, 2.45) is 0 Å². The summed E-state index contributed by atoms with van der Waals surface area (Å²) in [5.74, 6) is 0. The van der Waals surface area contributed by atoms with E-state index in [1.165, 1.54) is 60.8 Å². The van der Waals surface area contributed by atoms with E-state index >= 15 is 0 Å². The lowest BCUT2D eigenvalue weighted by Gasteiger charge is -2.29. The first-order valence-corrected chi connectivity index (χ1v) is 19.2. The molecule has 1 heterocycles. The Hall–Kier alpha value is -7.42. The molecule has 0 amide bonds. The minimum atomic E-state index is 1.08. The Morgan fingerprint density at radius 1 is 0.286 bits per heavy atom. The highest BCUT2D eigenvalue weighted by Crippen LogP contribution is 2.48. The highest BCUT2D eigenvalue weighted by Gasteiger charge is 2.23. The second kappa shape index (κ2) is 14.4. The smallest absolute Gasteiger partial charge is 0.0541 e. The third kappa shape index (κ3) is 5.85. The lowest BCUT2D eigenvalue weighted by Crippen LogP contribution is -2.11. The summed E-state index contributed by atoms with van der Waals surface area (Å²) in [6.45, 7) is 0. The lowest BCUT2D eigenvalue weighted by molar-refractivity contribution is 1.17. The molecule has 2 heteroatoms. The molecule has 9 aromatic carbocycles. The molecule has 264 valence electrons. The van der Waals surface area contributed by atoms with Crippen LogP contribution in [0.4, 0.5) is 17.1 Å². The van der Waals surface area contributed by atoms with Crippen molar-refractivity contribution < 1.29 is 0 Å². The van der Waals surface area contributed by atoms with Gasteiger partial charge in [0, 0.05) is 33.4 Å². The van der Waals surface area contributed by atoms with Crippen molar-refractivity contribution in [3.63, 3.8) is 0 Å². The van der Waals surface area contributed by atoms with Gasteiger partial charge in [0.05, 0.1) is 16.7 Å². The highest BCUT2D eigenvalue weighted by molar-refractivity contribution is 6.09. The van der Waals surface area contributed by atoms with Crippen LogP contribution >= 0.6 is 0 Å². The number of fused-ring (bicyclic) bond motifs is 3. The predicted molar refractivity (Wildman–Crippen MR) is 237 cm³/mol. The summed E-state index contributed by atoms with van der Waals surface area (Å²) in [7, 11) is 0. The van der Waals surface area contributed by atoms with Gasteiger partial charge >= 0.3 is 0 Å². The van der Waals surface area contributed by atoms with Crippen LogP contribution in [-0.2, 0) is 0 Å². The molecular formula is C54H38N2. The molecule has 2 nitrogen and oxygen atoms in total. The van der Waals surface area contributed by atoms with Crippen molar-refractivity contribution in [2.45, 2.75) is 0 Å². The number of anilines is 3. The van der Waals surface area contributed by atoms with E-state index in [9.17, 15) is 0 Å². The van der Waals surface area contributed by atoms with Crippen molar-refractivity contribution in [1.82, 2.24) is 4.57 Å². The van der Waals surface area contributed by atoms with E-state index in [0.717, 1.165) is 28.3 Å². The number of nitrogens with zero attached hydrogens (tertiary/aromatic N) is 2. The number of para-hydroxylation sites is 4. The molecular weight excluding hydrogens is 677 g/mol. The fraction of sp³-hybridized carbons (Fsp3) is 0. The van der Waals surface area contributed by atoms with Crippen LogP contribution in [0.2, 0.25) is 0 Å². The zero-order valence-corrected chi connectivity index (χ0v) is 30.8. The van der Waals surface area contributed by atoms with Crippen molar-refractivity contribution in [2.75, 3.05) is 4.90 Å². The van der Waals surface area contributed by atoms with Crippen LogP contribution in [0.1, 0.15) is 0 Å². The zero-order chi connectivity index (χ0) is 37.3. The summed E-state index contributed by atoms with van der Waals surface area (Å²) in [4.78, 5) is 2.40. The first kappa shape index (κ1) is 33.2. The minimum Gasteiger partial charge on any atom is -0.310 e. The summed E-state index contributed by atoms with van der Waals surface area (Å²) < 4.78 is 2.38. The van der Waals surface area contributed by atoms with Crippen molar-refractivity contribution >= 4 is 38.9 Å². The zero-order valence-electron chi connectivity index (χ0n) is 30.8. The van der Waals surface area contributed by atoms with Crippen LogP contribution < -0.4 is 4.90 Å². The van der Waals surface area contributed by atoms with Gasteiger partial charge in [0.2, 0.25) is 0 Å². The maximum atomic E-state index is 2.40. The van der Waals surface area contributed by atoms with Gasteiger partial charge in [-0.1, -0.05) is 176 Å². The fourth-order valence-electron chi connectivity index (χ4n) is 8.35. The van der Waals surface area contributed by atoms with E-state index in [-0.39, 0.29) is 0 Å². The van der Waals surface area contributed by atoms with Gasteiger partial charge in [0.15, 0.2) is 0 Å². The maximum absolute atomic E-state index is 2.40. The number of aromatic nitrogens is 1. The standard InChI is InChI=1S/C54H38N2/c1-4-19-39(20-5-1)44-25-10-11-29-49(44)54-45(40-21-6-2-7-22-40)30-18-31-50(54)48-28-14-15-32-51(48)55(41-23-8-3-9-24-41)42-35-37-43(38-36-42)56-52-33-16-12-26-46(52)47-27-13-17-34-53(47)56/h1-38H. The predicted octanol–water partition coefficient (Wildman–Crippen LogP) is 14.9. The van der Waals surface area contributed by atoms with Gasteiger partial charge in [-0.3, -0.25) is 0 Å². The molecule has 0 aliphatic rings. The SMILES string of the molecule is c1ccc(-c2ccccc2-c2c(-c3ccccc3)cccc2-c2ccccc2N(c2ccccc2)c2ccc(-n3c4ccccc4c4ccccc43)cc2)cc1. The van der Waals surface area contributed by atoms with Gasteiger partial charge in [0.25, 0.3) is 0 Å². The van der Waals surface area contributed by atoms with Gasteiger partial charge in [-0.05, 0) is 93.5 Å². The molecule has 0 saturated heterocycles. The summed E-state index contributed by atoms with van der Waals surface area (Å²) >= 11 is 0. The summed E-state index contributed by atoms with van der Waals surface area (Å²) in [6, 6.07) is 83.1. The number of benzene rings is 9. The number of rotatable bonds is 8. The molecule has 0 atom stereocenters. The van der Waals surface area contributed by atoms with E-state index < -0.39 is 0 Å². The highest BCUT2D eigenvalue weighted by atomic mass is 15.1. The topological polar surface area (TPSA) is 8.17 Å². The normalized spacial score (nSPS) is 11.2. The average Bonchev–Trinajstić information content (AvgIpc) is 3.62. The van der Waals surface area contributed by atoms with Crippen LogP contribution in [0.15, 0.2) is 231 Å². The van der Waals surface area contributed by atoms with Crippen molar-refractivity contribution in [3.05, 3.63) is 231 Å². The Labute approximate surface area is 327 Å². The molecule has 0 aliphatic carbocycles. The summed E-state index contributed by atoms with van der Waals surface area (Å²) in [5, 5.41) is 2.52. The molecule has 56 heavy (non-hydrogen) atoms. The molecule has 10 rings (SSSR count). The Morgan fingerprint density at radius 2 is 0.732 bits per heavy atom. The van der Waals surface area contributed by atoms with Crippen LogP contribution in [-0.4, -0.2) is 4.57 Å². The van der Waals surface area contributed by atoms with E-state index in [1.54, 1.807) is 0 Å². The molecule has 0 spiro atoms. The molecule has 0 aliphatic heterocycles. The first-order chi connectivity index (χ1) is 27.8. The largest absolute Gasteiger partial charge is 0.310 e. The molecule has 0 unspecified atom stereocenters. The molecule has 0 saturated carbocycles. The third-order valence-electron chi connectivity index (χ3n) is 10.8. The Morgan fingerprint density at radius 3 is 1.38 bits per heavy atom. The molecule has 0 bridgehead atoms. The second-order valence-electron chi connectivity index (χ2n) is 14.1. The number of hydrogen-bond donors (Lipinski definition) is 0. The van der Waals surface area contributed by atoms with E-state index in [1.807, 2.05) is 0 Å². The van der Waals surface area contributed by atoms with Gasteiger partial charge in [-0.2, -0.15) is 0 Å².